The number of benzene rings is 1. The minimum Gasteiger partial charge on any atom is -0.478 e. The molecule has 1 aromatic rings. The summed E-state index contributed by atoms with van der Waals surface area (Å²) >= 11 is 5.77. The molecule has 0 aliphatic carbocycles. The third kappa shape index (κ3) is 3.10. The summed E-state index contributed by atoms with van der Waals surface area (Å²) < 4.78 is 18.1. The molecule has 1 unspecified atom stereocenters. The van der Waals surface area contributed by atoms with Gasteiger partial charge in [0.15, 0.2) is 6.10 Å². The van der Waals surface area contributed by atoms with Crippen molar-refractivity contribution in [2.75, 3.05) is 0 Å². The predicted octanol–water partition coefficient (Wildman–Crippen LogP) is 2.97. The van der Waals surface area contributed by atoms with Crippen LogP contribution < -0.4 is 4.74 Å². The molecule has 5 heteroatoms. The van der Waals surface area contributed by atoms with E-state index in [1.54, 1.807) is 13.8 Å². The van der Waals surface area contributed by atoms with E-state index in [1.807, 2.05) is 0 Å². The zero-order valence-electron chi connectivity index (χ0n) is 8.91. The molecule has 0 heterocycles. The second-order valence-corrected chi connectivity index (χ2v) is 4.10. The third-order valence-electron chi connectivity index (χ3n) is 2.00. The van der Waals surface area contributed by atoms with Crippen molar-refractivity contribution in [1.82, 2.24) is 0 Å². The number of ether oxygens (including phenoxy) is 1. The van der Waals surface area contributed by atoms with Gasteiger partial charge in [-0.3, -0.25) is 0 Å². The van der Waals surface area contributed by atoms with E-state index in [0.717, 1.165) is 6.07 Å². The zero-order chi connectivity index (χ0) is 12.3. The van der Waals surface area contributed by atoms with Crippen LogP contribution in [0.5, 0.6) is 5.75 Å². The van der Waals surface area contributed by atoms with E-state index >= 15 is 0 Å². The summed E-state index contributed by atoms with van der Waals surface area (Å²) in [5.41, 5.74) is 0. The van der Waals surface area contributed by atoms with Crippen LogP contribution in [-0.4, -0.2) is 17.2 Å². The minimum absolute atomic E-state index is 0.0442. The quantitative estimate of drug-likeness (QED) is 0.888. The predicted molar refractivity (Wildman–Crippen MR) is 58.3 cm³/mol. The molecule has 1 rings (SSSR count). The van der Waals surface area contributed by atoms with E-state index in [9.17, 15) is 9.18 Å². The summed E-state index contributed by atoms with van der Waals surface area (Å²) in [6.45, 7) is 3.40. The fourth-order valence-corrected chi connectivity index (χ4v) is 1.34. The Hall–Kier alpha value is -1.29. The van der Waals surface area contributed by atoms with Crippen LogP contribution in [0.3, 0.4) is 0 Å². The molecule has 1 N–H and O–H groups in total. The largest absolute Gasteiger partial charge is 0.478 e. The topological polar surface area (TPSA) is 46.5 Å². The fourth-order valence-electron chi connectivity index (χ4n) is 1.18. The molecule has 0 radical (unpaired) electrons. The summed E-state index contributed by atoms with van der Waals surface area (Å²) in [6.07, 6.45) is -1.04. The van der Waals surface area contributed by atoms with E-state index in [1.165, 1.54) is 12.1 Å². The molecule has 0 amide bonds. The first-order chi connectivity index (χ1) is 7.41. The maximum atomic E-state index is 12.9. The lowest BCUT2D eigenvalue weighted by atomic mass is 10.1. The lowest BCUT2D eigenvalue weighted by Gasteiger charge is -2.18. The number of hydrogen-bond acceptors (Lipinski definition) is 2. The summed E-state index contributed by atoms with van der Waals surface area (Å²) in [5.74, 6) is -1.82. The van der Waals surface area contributed by atoms with Gasteiger partial charge in [0.25, 0.3) is 0 Å². The number of halogens is 2. The van der Waals surface area contributed by atoms with Gasteiger partial charge in [0.1, 0.15) is 11.6 Å². The van der Waals surface area contributed by atoms with Crippen LogP contribution in [0.4, 0.5) is 4.39 Å². The van der Waals surface area contributed by atoms with Gasteiger partial charge in [-0.15, -0.1) is 0 Å². The van der Waals surface area contributed by atoms with E-state index < -0.39 is 17.9 Å². The molecule has 1 aromatic carbocycles. The Labute approximate surface area is 97.8 Å². The number of aliphatic carboxylic acids is 1. The Morgan fingerprint density at radius 3 is 2.62 bits per heavy atom. The van der Waals surface area contributed by atoms with E-state index in [2.05, 4.69) is 0 Å². The lowest BCUT2D eigenvalue weighted by molar-refractivity contribution is -0.147. The van der Waals surface area contributed by atoms with Gasteiger partial charge >= 0.3 is 5.97 Å². The first-order valence-electron chi connectivity index (χ1n) is 4.76. The molecule has 0 saturated heterocycles. The number of hydrogen-bond donors (Lipinski definition) is 1. The first-order valence-corrected chi connectivity index (χ1v) is 5.14. The van der Waals surface area contributed by atoms with Crippen molar-refractivity contribution in [3.63, 3.8) is 0 Å². The van der Waals surface area contributed by atoms with Crippen molar-refractivity contribution in [2.24, 2.45) is 5.92 Å². The fraction of sp³-hybridized carbons (Fsp3) is 0.364. The van der Waals surface area contributed by atoms with Crippen LogP contribution in [0.25, 0.3) is 0 Å². The average molecular weight is 247 g/mol. The maximum absolute atomic E-state index is 12.9. The Kier molecular flexibility index (Phi) is 4.12. The van der Waals surface area contributed by atoms with Gasteiger partial charge in [0.2, 0.25) is 0 Å². The zero-order valence-corrected chi connectivity index (χ0v) is 9.66. The molecule has 0 aliphatic heterocycles. The van der Waals surface area contributed by atoms with Gasteiger partial charge in [-0.05, 0) is 12.1 Å². The highest BCUT2D eigenvalue weighted by molar-refractivity contribution is 6.32. The molecule has 3 nitrogen and oxygen atoms in total. The van der Waals surface area contributed by atoms with Crippen molar-refractivity contribution in [3.05, 3.63) is 29.0 Å². The second-order valence-electron chi connectivity index (χ2n) is 3.70. The van der Waals surface area contributed by atoms with Crippen LogP contribution in [0.1, 0.15) is 13.8 Å². The normalized spacial score (nSPS) is 12.6. The number of carboxylic acid groups (broad SMARTS) is 1. The molecule has 1 atom stereocenters. The van der Waals surface area contributed by atoms with Crippen LogP contribution in [0.15, 0.2) is 18.2 Å². The number of carbonyl (C=O) groups is 1. The standard InChI is InChI=1S/C11H12ClFO3/c1-6(2)10(11(14)15)16-9-5-7(13)3-4-8(9)12/h3-6,10H,1-2H3,(H,14,15). The maximum Gasteiger partial charge on any atom is 0.345 e. The highest BCUT2D eigenvalue weighted by Crippen LogP contribution is 2.27. The van der Waals surface area contributed by atoms with Crippen LogP contribution in [0, 0.1) is 11.7 Å². The van der Waals surface area contributed by atoms with Gasteiger partial charge in [0, 0.05) is 12.0 Å². The van der Waals surface area contributed by atoms with Gasteiger partial charge in [-0.2, -0.15) is 0 Å². The molecule has 0 saturated carbocycles. The Balaban J connectivity index is 2.93. The smallest absolute Gasteiger partial charge is 0.345 e. The minimum atomic E-state index is -1.10. The van der Waals surface area contributed by atoms with E-state index in [0.29, 0.717) is 0 Å². The van der Waals surface area contributed by atoms with Crippen LogP contribution in [-0.2, 0) is 4.79 Å². The van der Waals surface area contributed by atoms with Gasteiger partial charge in [-0.1, -0.05) is 25.4 Å². The highest BCUT2D eigenvalue weighted by Gasteiger charge is 2.24. The van der Waals surface area contributed by atoms with Gasteiger partial charge < -0.3 is 9.84 Å². The molecule has 0 bridgehead atoms. The molecule has 0 spiro atoms. The van der Waals surface area contributed by atoms with Crippen LogP contribution >= 0.6 is 11.6 Å². The first kappa shape index (κ1) is 12.8. The van der Waals surface area contributed by atoms with Crippen molar-refractivity contribution >= 4 is 17.6 Å². The van der Waals surface area contributed by atoms with Crippen molar-refractivity contribution in [1.29, 1.82) is 0 Å². The molecule has 0 fully saturated rings. The third-order valence-corrected chi connectivity index (χ3v) is 2.31. The van der Waals surface area contributed by atoms with Crippen LogP contribution in [0.2, 0.25) is 5.02 Å². The number of carboxylic acids is 1. The van der Waals surface area contributed by atoms with Crippen molar-refractivity contribution < 1.29 is 19.0 Å². The molecule has 88 valence electrons. The van der Waals surface area contributed by atoms with Gasteiger partial charge in [0.05, 0.1) is 5.02 Å². The molecule has 0 aliphatic rings. The monoisotopic (exact) mass is 246 g/mol. The van der Waals surface area contributed by atoms with E-state index in [4.69, 9.17) is 21.4 Å². The summed E-state index contributed by atoms with van der Waals surface area (Å²) in [4.78, 5) is 10.9. The average Bonchev–Trinajstić information content (AvgIpc) is 2.18. The second kappa shape index (κ2) is 5.16. The lowest BCUT2D eigenvalue weighted by Crippen LogP contribution is -2.32. The Morgan fingerprint density at radius 2 is 2.12 bits per heavy atom. The highest BCUT2D eigenvalue weighted by atomic mass is 35.5. The number of rotatable bonds is 4. The molecule has 16 heavy (non-hydrogen) atoms. The Bertz CT molecular complexity index is 393. The summed E-state index contributed by atoms with van der Waals surface area (Å²) in [7, 11) is 0. The molecular formula is C11H12ClFO3. The van der Waals surface area contributed by atoms with Crippen molar-refractivity contribution in [2.45, 2.75) is 20.0 Å². The SMILES string of the molecule is CC(C)C(Oc1cc(F)ccc1Cl)C(=O)O. The molecular weight excluding hydrogens is 235 g/mol. The summed E-state index contributed by atoms with van der Waals surface area (Å²) in [5, 5.41) is 9.09. The van der Waals surface area contributed by atoms with Crippen molar-refractivity contribution in [3.8, 4) is 5.75 Å². The molecule has 0 aromatic heterocycles. The van der Waals surface area contributed by atoms with E-state index in [-0.39, 0.29) is 16.7 Å². The summed E-state index contributed by atoms with van der Waals surface area (Å²) in [6, 6.07) is 3.58. The Morgan fingerprint density at radius 1 is 1.50 bits per heavy atom. The van der Waals surface area contributed by atoms with Gasteiger partial charge in [-0.25, -0.2) is 9.18 Å².